The van der Waals surface area contributed by atoms with Crippen LogP contribution in [-0.4, -0.2) is 77.3 Å². The molecule has 230 valence electrons. The number of carbonyl (C=O) groups excluding carboxylic acids is 4. The molecule has 4 amide bonds. The highest BCUT2D eigenvalue weighted by Gasteiger charge is 2.36. The van der Waals surface area contributed by atoms with Crippen LogP contribution in [0.2, 0.25) is 10.0 Å². The maximum Gasteiger partial charge on any atom is 0.322 e. The molecule has 2 fully saturated rings. The number of amides is 4. The van der Waals surface area contributed by atoms with Crippen LogP contribution in [0.5, 0.6) is 0 Å². The van der Waals surface area contributed by atoms with Crippen LogP contribution >= 0.6 is 23.2 Å². The largest absolute Gasteiger partial charge is 0.466 e. The molecule has 2 aromatic rings. The van der Waals surface area contributed by atoms with Crippen molar-refractivity contribution in [1.82, 2.24) is 14.7 Å². The van der Waals surface area contributed by atoms with Crippen molar-refractivity contribution < 1.29 is 23.9 Å². The summed E-state index contributed by atoms with van der Waals surface area (Å²) >= 11 is 12.4. The number of fused-ring (bicyclic) bond motifs is 1. The molecule has 1 atom stereocenters. The van der Waals surface area contributed by atoms with Gasteiger partial charge >= 0.3 is 12.0 Å². The molecule has 43 heavy (non-hydrogen) atoms. The first-order chi connectivity index (χ1) is 20.7. The molecule has 0 aliphatic carbocycles. The molecule has 0 unspecified atom stereocenters. The lowest BCUT2D eigenvalue weighted by atomic mass is 9.91. The molecule has 0 saturated carbocycles. The summed E-state index contributed by atoms with van der Waals surface area (Å²) in [6, 6.07) is 13.0. The number of anilines is 1. The van der Waals surface area contributed by atoms with Gasteiger partial charge < -0.3 is 24.8 Å². The molecule has 0 spiro atoms. The molecule has 1 N–H and O–H groups in total. The Labute approximate surface area is 262 Å². The summed E-state index contributed by atoms with van der Waals surface area (Å²) in [5.41, 5.74) is 2.76. The summed E-state index contributed by atoms with van der Waals surface area (Å²) in [4.78, 5) is 57.8. The number of likely N-dealkylation sites (tertiary alicyclic amines) is 2. The van der Waals surface area contributed by atoms with Gasteiger partial charge in [-0.3, -0.25) is 14.4 Å². The van der Waals surface area contributed by atoms with Crippen LogP contribution in [-0.2, 0) is 32.1 Å². The zero-order chi connectivity index (χ0) is 30.5. The number of hydrogen-bond donors (Lipinski definition) is 1. The lowest BCUT2D eigenvalue weighted by molar-refractivity contribution is -0.152. The molecule has 2 saturated heterocycles. The third kappa shape index (κ3) is 7.44. The normalized spacial score (nSPS) is 18.6. The summed E-state index contributed by atoms with van der Waals surface area (Å²) < 4.78 is 5.17. The van der Waals surface area contributed by atoms with Gasteiger partial charge in [-0.05, 0) is 68.4 Å². The number of carbonyl (C=O) groups is 4. The van der Waals surface area contributed by atoms with E-state index in [0.29, 0.717) is 81.5 Å². The first kappa shape index (κ1) is 31.1. The number of halogens is 2. The quantitative estimate of drug-likeness (QED) is 0.396. The highest BCUT2D eigenvalue weighted by molar-refractivity contribution is 6.42. The van der Waals surface area contributed by atoms with E-state index in [2.05, 4.69) is 5.32 Å². The molecule has 2 aromatic carbocycles. The van der Waals surface area contributed by atoms with Gasteiger partial charge in [0.1, 0.15) is 0 Å². The zero-order valence-corrected chi connectivity index (χ0v) is 25.9. The SMILES string of the molecule is CCOC(=O)C1CCN(C(=O)[C@@H](CC(=O)N2CCC(N3Cc4ccccc4NC3=O)CC2)Cc2ccc(Cl)c(Cl)c2)CC1. The molecule has 3 heterocycles. The molecule has 3 aliphatic rings. The van der Waals surface area contributed by atoms with E-state index in [-0.39, 0.29) is 42.2 Å². The average Bonchev–Trinajstić information content (AvgIpc) is 3.02. The van der Waals surface area contributed by atoms with Crippen LogP contribution in [0.4, 0.5) is 10.5 Å². The molecule has 0 aromatic heterocycles. The highest BCUT2D eigenvalue weighted by Crippen LogP contribution is 2.30. The van der Waals surface area contributed by atoms with Gasteiger partial charge in [0, 0.05) is 50.9 Å². The van der Waals surface area contributed by atoms with Crippen molar-refractivity contribution in [3.8, 4) is 0 Å². The second-order valence-corrected chi connectivity index (χ2v) is 12.3. The molecule has 5 rings (SSSR count). The number of esters is 1. The Kier molecular flexibility index (Phi) is 10.1. The number of nitrogens with one attached hydrogen (secondary N) is 1. The third-order valence-electron chi connectivity index (χ3n) is 8.78. The summed E-state index contributed by atoms with van der Waals surface area (Å²) in [6.07, 6.45) is 2.85. The fourth-order valence-corrected chi connectivity index (χ4v) is 6.66. The molecule has 11 heteroatoms. The van der Waals surface area contributed by atoms with Crippen molar-refractivity contribution in [2.75, 3.05) is 38.1 Å². The molecule has 0 bridgehead atoms. The zero-order valence-electron chi connectivity index (χ0n) is 24.4. The van der Waals surface area contributed by atoms with Gasteiger partial charge in [-0.2, -0.15) is 0 Å². The van der Waals surface area contributed by atoms with Gasteiger partial charge in [0.2, 0.25) is 11.8 Å². The van der Waals surface area contributed by atoms with Crippen molar-refractivity contribution in [3.63, 3.8) is 0 Å². The van der Waals surface area contributed by atoms with E-state index in [0.717, 1.165) is 16.8 Å². The van der Waals surface area contributed by atoms with Crippen LogP contribution < -0.4 is 5.32 Å². The minimum atomic E-state index is -0.578. The van der Waals surface area contributed by atoms with Crippen LogP contribution in [0.3, 0.4) is 0 Å². The molecular weight excluding hydrogens is 591 g/mol. The van der Waals surface area contributed by atoms with Crippen molar-refractivity contribution in [3.05, 3.63) is 63.6 Å². The number of nitrogens with zero attached hydrogens (tertiary/aromatic N) is 3. The van der Waals surface area contributed by atoms with E-state index in [4.69, 9.17) is 27.9 Å². The number of rotatable bonds is 8. The Morgan fingerprint density at radius 3 is 2.35 bits per heavy atom. The van der Waals surface area contributed by atoms with Crippen LogP contribution in [0.15, 0.2) is 42.5 Å². The second-order valence-electron chi connectivity index (χ2n) is 11.5. The lowest BCUT2D eigenvalue weighted by Gasteiger charge is -2.41. The van der Waals surface area contributed by atoms with E-state index in [1.165, 1.54) is 0 Å². The highest BCUT2D eigenvalue weighted by atomic mass is 35.5. The Hall–Kier alpha value is -3.30. The lowest BCUT2D eigenvalue weighted by Crippen LogP contribution is -2.51. The van der Waals surface area contributed by atoms with E-state index >= 15 is 0 Å². The first-order valence-corrected chi connectivity index (χ1v) is 15.8. The molecular formula is C32H38Cl2N4O5. The van der Waals surface area contributed by atoms with E-state index in [9.17, 15) is 19.2 Å². The van der Waals surface area contributed by atoms with Gasteiger partial charge in [0.05, 0.1) is 28.5 Å². The Balaban J connectivity index is 1.21. The predicted molar refractivity (Wildman–Crippen MR) is 165 cm³/mol. The van der Waals surface area contributed by atoms with Crippen molar-refractivity contribution in [2.45, 2.75) is 58.0 Å². The van der Waals surface area contributed by atoms with Crippen molar-refractivity contribution in [1.29, 1.82) is 0 Å². The molecule has 3 aliphatic heterocycles. The maximum atomic E-state index is 13.8. The van der Waals surface area contributed by atoms with Gasteiger partial charge in [0.15, 0.2) is 0 Å². The van der Waals surface area contributed by atoms with Gasteiger partial charge in [-0.15, -0.1) is 0 Å². The third-order valence-corrected chi connectivity index (χ3v) is 9.52. The van der Waals surface area contributed by atoms with Gasteiger partial charge in [-0.1, -0.05) is 47.5 Å². The average molecular weight is 630 g/mol. The van der Waals surface area contributed by atoms with E-state index < -0.39 is 5.92 Å². The number of benzene rings is 2. The molecule has 9 nitrogen and oxygen atoms in total. The fraction of sp³-hybridized carbons (Fsp3) is 0.500. The predicted octanol–water partition coefficient (Wildman–Crippen LogP) is 5.38. The molecule has 0 radical (unpaired) electrons. The van der Waals surface area contributed by atoms with Crippen LogP contribution in [0.25, 0.3) is 0 Å². The van der Waals surface area contributed by atoms with Crippen LogP contribution in [0, 0.1) is 11.8 Å². The second kappa shape index (κ2) is 14.0. The Morgan fingerprint density at radius 2 is 1.65 bits per heavy atom. The van der Waals surface area contributed by atoms with E-state index in [1.807, 2.05) is 40.1 Å². The first-order valence-electron chi connectivity index (χ1n) is 15.1. The number of piperidine rings is 2. The van der Waals surface area contributed by atoms with Gasteiger partial charge in [0.25, 0.3) is 0 Å². The fourth-order valence-electron chi connectivity index (χ4n) is 6.34. The summed E-state index contributed by atoms with van der Waals surface area (Å²) in [7, 11) is 0. The summed E-state index contributed by atoms with van der Waals surface area (Å²) in [6.45, 7) is 4.60. The monoisotopic (exact) mass is 628 g/mol. The summed E-state index contributed by atoms with van der Waals surface area (Å²) in [5, 5.41) is 3.81. The number of ether oxygens (including phenoxy) is 1. The van der Waals surface area contributed by atoms with Crippen molar-refractivity contribution >= 4 is 52.7 Å². The van der Waals surface area contributed by atoms with Crippen molar-refractivity contribution in [2.24, 2.45) is 11.8 Å². The Morgan fingerprint density at radius 1 is 0.953 bits per heavy atom. The standard InChI is InChI=1S/C32H38Cl2N4O5/c1-2-43-31(41)22-9-13-37(14-10-22)30(40)24(17-21-7-8-26(33)27(34)18-21)19-29(39)36-15-11-25(12-16-36)38-20-23-5-3-4-6-28(23)35-32(38)42/h3-8,18,22,24-25H,2,9-17,19-20H2,1H3,(H,35,42)/t24-/m1/s1. The topological polar surface area (TPSA) is 99.3 Å². The number of para-hydroxylation sites is 1. The maximum absolute atomic E-state index is 13.8. The number of hydrogen-bond acceptors (Lipinski definition) is 5. The minimum Gasteiger partial charge on any atom is -0.466 e. The van der Waals surface area contributed by atoms with E-state index in [1.54, 1.807) is 24.0 Å². The smallest absolute Gasteiger partial charge is 0.322 e. The minimum absolute atomic E-state index is 0.0340. The number of urea groups is 1. The van der Waals surface area contributed by atoms with Gasteiger partial charge in [-0.25, -0.2) is 4.79 Å². The summed E-state index contributed by atoms with van der Waals surface area (Å²) in [5.74, 6) is -1.18. The van der Waals surface area contributed by atoms with Crippen LogP contribution in [0.1, 0.15) is 50.2 Å². The Bertz CT molecular complexity index is 1360.